The standard InChI is InChI=1S/C10H5F3N4O/c11-10(12,13)5-2-1-3-6-7(5)15-9(18)8-16-14-4-17(6)8/h1-4H,(H,15,18). The molecule has 1 aromatic carbocycles. The van der Waals surface area contributed by atoms with Gasteiger partial charge in [0.15, 0.2) is 0 Å². The van der Waals surface area contributed by atoms with Crippen molar-refractivity contribution in [3.63, 3.8) is 0 Å². The van der Waals surface area contributed by atoms with E-state index in [9.17, 15) is 18.3 Å². The Morgan fingerprint density at radius 3 is 2.72 bits per heavy atom. The highest BCUT2D eigenvalue weighted by Crippen LogP contribution is 2.34. The van der Waals surface area contributed by atoms with Crippen LogP contribution in [-0.2, 0) is 6.18 Å². The van der Waals surface area contributed by atoms with Crippen LogP contribution in [0.1, 0.15) is 5.56 Å². The summed E-state index contributed by atoms with van der Waals surface area (Å²) < 4.78 is 39.7. The molecule has 0 atom stereocenters. The van der Waals surface area contributed by atoms with Crippen LogP contribution in [0.4, 0.5) is 13.2 Å². The summed E-state index contributed by atoms with van der Waals surface area (Å²) >= 11 is 0. The van der Waals surface area contributed by atoms with E-state index >= 15 is 0 Å². The molecule has 0 unspecified atom stereocenters. The second-order valence-electron chi connectivity index (χ2n) is 3.63. The van der Waals surface area contributed by atoms with Crippen LogP contribution in [0.15, 0.2) is 24.5 Å². The summed E-state index contributed by atoms with van der Waals surface area (Å²) in [7, 11) is 0. The van der Waals surface area contributed by atoms with E-state index < -0.39 is 17.6 Å². The molecule has 2 heterocycles. The number of hydrogen-bond acceptors (Lipinski definition) is 4. The molecule has 0 bridgehead atoms. The number of benzene rings is 1. The fourth-order valence-electron chi connectivity index (χ4n) is 1.79. The van der Waals surface area contributed by atoms with Crippen LogP contribution in [0.25, 0.3) is 16.7 Å². The lowest BCUT2D eigenvalue weighted by atomic mass is 10.1. The van der Waals surface area contributed by atoms with Crippen LogP contribution in [0, 0.1) is 0 Å². The molecule has 5 nitrogen and oxygen atoms in total. The zero-order chi connectivity index (χ0) is 12.9. The number of aromatic hydroxyl groups is 1. The highest BCUT2D eigenvalue weighted by Gasteiger charge is 2.33. The molecule has 3 aromatic rings. The minimum absolute atomic E-state index is 0.0156. The smallest absolute Gasteiger partial charge is 0.418 e. The number of nitrogens with zero attached hydrogens (tertiary/aromatic N) is 4. The molecule has 0 aliphatic carbocycles. The van der Waals surface area contributed by atoms with Crippen molar-refractivity contribution in [1.29, 1.82) is 0 Å². The summed E-state index contributed by atoms with van der Waals surface area (Å²) in [6.07, 6.45) is -3.32. The maximum Gasteiger partial charge on any atom is 0.418 e. The van der Waals surface area contributed by atoms with Crippen LogP contribution in [0.5, 0.6) is 5.88 Å². The molecule has 1 N–H and O–H groups in total. The largest absolute Gasteiger partial charge is 0.491 e. The summed E-state index contributed by atoms with van der Waals surface area (Å²) in [6, 6.07) is 3.63. The van der Waals surface area contributed by atoms with Crippen molar-refractivity contribution in [2.45, 2.75) is 6.18 Å². The maximum atomic E-state index is 12.8. The van der Waals surface area contributed by atoms with Crippen LogP contribution in [0.2, 0.25) is 0 Å². The van der Waals surface area contributed by atoms with Crippen LogP contribution in [0.3, 0.4) is 0 Å². The Hall–Kier alpha value is -2.38. The molecule has 0 fully saturated rings. The normalized spacial score (nSPS) is 12.4. The van der Waals surface area contributed by atoms with Crippen molar-refractivity contribution < 1.29 is 18.3 Å². The molecule has 0 spiro atoms. The summed E-state index contributed by atoms with van der Waals surface area (Å²) in [6.45, 7) is 0. The van der Waals surface area contributed by atoms with E-state index in [1.807, 2.05) is 0 Å². The van der Waals surface area contributed by atoms with Gasteiger partial charge in [0, 0.05) is 0 Å². The Bertz CT molecular complexity index is 750. The Balaban J connectivity index is 2.53. The number of hydrogen-bond donors (Lipinski definition) is 1. The SMILES string of the molecule is Oc1nc2c(C(F)(F)F)cccc2n2cnnc12. The van der Waals surface area contributed by atoms with Gasteiger partial charge >= 0.3 is 6.18 Å². The van der Waals surface area contributed by atoms with Crippen LogP contribution < -0.4 is 0 Å². The van der Waals surface area contributed by atoms with Gasteiger partial charge in [0.05, 0.1) is 11.1 Å². The minimum Gasteiger partial charge on any atom is -0.491 e. The minimum atomic E-state index is -4.54. The maximum absolute atomic E-state index is 12.8. The monoisotopic (exact) mass is 254 g/mol. The van der Waals surface area contributed by atoms with Gasteiger partial charge in [-0.2, -0.15) is 13.2 Å². The molecule has 0 saturated carbocycles. The van der Waals surface area contributed by atoms with Crippen molar-refractivity contribution in [3.8, 4) is 5.88 Å². The quantitative estimate of drug-likeness (QED) is 0.666. The number of aromatic nitrogens is 4. The molecule has 92 valence electrons. The average molecular weight is 254 g/mol. The van der Waals surface area contributed by atoms with Gasteiger partial charge in [-0.3, -0.25) is 4.40 Å². The van der Waals surface area contributed by atoms with Crippen LogP contribution >= 0.6 is 0 Å². The summed E-state index contributed by atoms with van der Waals surface area (Å²) in [4.78, 5) is 3.55. The molecule has 0 amide bonds. The first-order chi connectivity index (χ1) is 8.48. The Labute approximate surface area is 97.5 Å². The average Bonchev–Trinajstić information content (AvgIpc) is 2.77. The van der Waals surface area contributed by atoms with Crippen molar-refractivity contribution in [1.82, 2.24) is 19.6 Å². The highest BCUT2D eigenvalue weighted by atomic mass is 19.4. The predicted octanol–water partition coefficient (Wildman–Crippen LogP) is 2.00. The topological polar surface area (TPSA) is 63.3 Å². The van der Waals surface area contributed by atoms with E-state index in [1.54, 1.807) is 0 Å². The fourth-order valence-corrected chi connectivity index (χ4v) is 1.79. The zero-order valence-corrected chi connectivity index (χ0v) is 8.68. The molecule has 2 aromatic heterocycles. The van der Waals surface area contributed by atoms with Gasteiger partial charge in [-0.15, -0.1) is 10.2 Å². The van der Waals surface area contributed by atoms with E-state index in [2.05, 4.69) is 15.2 Å². The second kappa shape index (κ2) is 3.31. The van der Waals surface area contributed by atoms with Gasteiger partial charge in [-0.1, -0.05) is 6.07 Å². The Morgan fingerprint density at radius 2 is 2.00 bits per heavy atom. The predicted molar refractivity (Wildman–Crippen MR) is 55.0 cm³/mol. The third kappa shape index (κ3) is 1.38. The first-order valence-corrected chi connectivity index (χ1v) is 4.87. The fraction of sp³-hybridized carbons (Fsp3) is 0.100. The lowest BCUT2D eigenvalue weighted by Gasteiger charge is -2.10. The summed E-state index contributed by atoms with van der Waals surface area (Å²) in [5.74, 6) is -0.586. The molecular formula is C10H5F3N4O. The summed E-state index contributed by atoms with van der Waals surface area (Å²) in [5, 5.41) is 16.7. The van der Waals surface area contributed by atoms with E-state index in [0.29, 0.717) is 0 Å². The first-order valence-electron chi connectivity index (χ1n) is 4.87. The molecule has 0 aliphatic rings. The van der Waals surface area contributed by atoms with E-state index in [4.69, 9.17) is 0 Å². The van der Waals surface area contributed by atoms with Gasteiger partial charge in [0.1, 0.15) is 11.8 Å². The number of halogens is 3. The van der Waals surface area contributed by atoms with Crippen molar-refractivity contribution in [2.75, 3.05) is 0 Å². The molecule has 0 saturated heterocycles. The molecule has 0 radical (unpaired) electrons. The van der Waals surface area contributed by atoms with Crippen molar-refractivity contribution in [2.24, 2.45) is 0 Å². The zero-order valence-electron chi connectivity index (χ0n) is 8.68. The van der Waals surface area contributed by atoms with Crippen molar-refractivity contribution >= 4 is 16.7 Å². The third-order valence-corrected chi connectivity index (χ3v) is 2.55. The summed E-state index contributed by atoms with van der Waals surface area (Å²) in [5.41, 5.74) is -1.05. The number of alkyl halides is 3. The molecule has 0 aliphatic heterocycles. The lowest BCUT2D eigenvalue weighted by Crippen LogP contribution is -2.07. The van der Waals surface area contributed by atoms with Gasteiger partial charge in [-0.05, 0) is 12.1 Å². The number of rotatable bonds is 0. The van der Waals surface area contributed by atoms with Gasteiger partial charge in [0.25, 0.3) is 5.88 Å². The number of fused-ring (bicyclic) bond motifs is 3. The molecule has 3 rings (SSSR count). The van der Waals surface area contributed by atoms with E-state index in [0.717, 1.165) is 6.07 Å². The third-order valence-electron chi connectivity index (χ3n) is 2.55. The van der Waals surface area contributed by atoms with Crippen molar-refractivity contribution in [3.05, 3.63) is 30.1 Å². The van der Waals surface area contributed by atoms with E-state index in [-0.39, 0.29) is 16.7 Å². The Morgan fingerprint density at radius 1 is 1.22 bits per heavy atom. The molecule has 18 heavy (non-hydrogen) atoms. The van der Waals surface area contributed by atoms with Crippen LogP contribution in [-0.4, -0.2) is 24.7 Å². The Kier molecular flexibility index (Phi) is 1.98. The van der Waals surface area contributed by atoms with E-state index in [1.165, 1.54) is 22.9 Å². The lowest BCUT2D eigenvalue weighted by molar-refractivity contribution is -0.136. The van der Waals surface area contributed by atoms with Gasteiger partial charge in [0.2, 0.25) is 5.65 Å². The molecule has 8 heteroatoms. The highest BCUT2D eigenvalue weighted by molar-refractivity contribution is 5.82. The molecular weight excluding hydrogens is 249 g/mol. The van der Waals surface area contributed by atoms with Gasteiger partial charge in [-0.25, -0.2) is 4.98 Å². The second-order valence-corrected chi connectivity index (χ2v) is 3.63. The van der Waals surface area contributed by atoms with Gasteiger partial charge < -0.3 is 5.11 Å². The number of para-hydroxylation sites is 1. The first kappa shape index (κ1) is 10.8.